The summed E-state index contributed by atoms with van der Waals surface area (Å²) in [5, 5.41) is 6.35. The lowest BCUT2D eigenvalue weighted by atomic mass is 9.81. The summed E-state index contributed by atoms with van der Waals surface area (Å²) in [7, 11) is 1.55. The van der Waals surface area contributed by atoms with Gasteiger partial charge in [0.15, 0.2) is 6.29 Å². The Hall–Kier alpha value is -2.87. The first-order chi connectivity index (χ1) is 16.4. The fourth-order valence-electron chi connectivity index (χ4n) is 4.85. The van der Waals surface area contributed by atoms with Crippen molar-refractivity contribution in [3.63, 3.8) is 0 Å². The van der Waals surface area contributed by atoms with Gasteiger partial charge in [0.1, 0.15) is 17.4 Å². The first-order valence-corrected chi connectivity index (χ1v) is 12.1. The van der Waals surface area contributed by atoms with Gasteiger partial charge in [0, 0.05) is 55.2 Å². The highest BCUT2D eigenvalue weighted by Gasteiger charge is 2.41. The number of hydrogen-bond donors (Lipinski definition) is 2. The molecule has 0 atom stereocenters. The monoisotopic (exact) mass is 473 g/mol. The Kier molecular flexibility index (Phi) is 8.72. The van der Waals surface area contributed by atoms with Gasteiger partial charge < -0.3 is 25.0 Å². The maximum atomic E-state index is 15.2. The van der Waals surface area contributed by atoms with Crippen LogP contribution in [0.15, 0.2) is 35.3 Å². The van der Waals surface area contributed by atoms with Gasteiger partial charge in [-0.2, -0.15) is 0 Å². The van der Waals surface area contributed by atoms with Crippen molar-refractivity contribution in [2.24, 2.45) is 0 Å². The van der Waals surface area contributed by atoms with Crippen LogP contribution in [0.1, 0.15) is 68.8 Å². The van der Waals surface area contributed by atoms with Gasteiger partial charge in [-0.25, -0.2) is 4.39 Å². The quantitative estimate of drug-likeness (QED) is 0.528. The summed E-state index contributed by atoms with van der Waals surface area (Å²) >= 11 is 0. The lowest BCUT2D eigenvalue weighted by Crippen LogP contribution is -2.47. The molecule has 8 heteroatoms. The molecule has 1 amide bonds. The summed E-state index contributed by atoms with van der Waals surface area (Å²) in [6.07, 6.45) is 6.04. The first kappa shape index (κ1) is 25.7. The number of benzene rings is 1. The second kappa shape index (κ2) is 11.5. The van der Waals surface area contributed by atoms with Gasteiger partial charge in [0.25, 0.3) is 5.91 Å². The molecule has 1 aromatic rings. The Morgan fingerprint density at radius 2 is 2.03 bits per heavy atom. The fraction of sp³-hybridized carbons (Fsp3) is 0.538. The van der Waals surface area contributed by atoms with E-state index in [1.165, 1.54) is 6.07 Å². The molecule has 0 aromatic heterocycles. The highest BCUT2D eigenvalue weighted by molar-refractivity contribution is 5.95. The summed E-state index contributed by atoms with van der Waals surface area (Å²) < 4.78 is 26.5. The predicted octanol–water partition coefficient (Wildman–Crippen LogP) is 4.00. The van der Waals surface area contributed by atoms with Crippen LogP contribution in [0.4, 0.5) is 4.39 Å². The first-order valence-electron chi connectivity index (χ1n) is 12.1. The van der Waals surface area contributed by atoms with E-state index >= 15 is 4.39 Å². The Bertz CT molecular complexity index is 965. The molecule has 0 spiro atoms. The molecule has 1 fully saturated rings. The smallest absolute Gasteiger partial charge is 0.254 e. The van der Waals surface area contributed by atoms with E-state index in [0.29, 0.717) is 44.6 Å². The third-order valence-corrected chi connectivity index (χ3v) is 6.65. The Balaban J connectivity index is 1.80. The molecule has 2 aliphatic heterocycles. The van der Waals surface area contributed by atoms with Gasteiger partial charge in [0.2, 0.25) is 0 Å². The van der Waals surface area contributed by atoms with Crippen LogP contribution >= 0.6 is 0 Å². The molecule has 1 saturated heterocycles. The van der Waals surface area contributed by atoms with Crippen LogP contribution in [0, 0.1) is 5.82 Å². The van der Waals surface area contributed by atoms with Crippen molar-refractivity contribution >= 4 is 12.2 Å². The highest BCUT2D eigenvalue weighted by Crippen LogP contribution is 2.41. The van der Waals surface area contributed by atoms with Crippen molar-refractivity contribution in [1.29, 1.82) is 0 Å². The van der Waals surface area contributed by atoms with Crippen LogP contribution in [0.2, 0.25) is 0 Å². The number of methoxy groups -OCH3 is 1. The maximum Gasteiger partial charge on any atom is 0.254 e. The number of piperidine rings is 1. The van der Waals surface area contributed by atoms with E-state index in [-0.39, 0.29) is 17.0 Å². The maximum absolute atomic E-state index is 15.2. The largest absolute Gasteiger partial charge is 0.494 e. The van der Waals surface area contributed by atoms with Crippen molar-refractivity contribution in [2.75, 3.05) is 33.4 Å². The molecule has 2 aliphatic rings. The summed E-state index contributed by atoms with van der Waals surface area (Å²) in [5.41, 5.74) is 1.28. The van der Waals surface area contributed by atoms with Crippen LogP contribution < -0.4 is 15.4 Å². The molecule has 3 rings (SSSR count). The average Bonchev–Trinajstić information content (AvgIpc) is 2.84. The number of amides is 1. The van der Waals surface area contributed by atoms with E-state index in [1.807, 2.05) is 26.8 Å². The van der Waals surface area contributed by atoms with E-state index in [4.69, 9.17) is 9.47 Å². The van der Waals surface area contributed by atoms with E-state index in [2.05, 4.69) is 15.5 Å². The zero-order valence-electron chi connectivity index (χ0n) is 20.6. The highest BCUT2D eigenvalue weighted by atomic mass is 19.1. The summed E-state index contributed by atoms with van der Waals surface area (Å²) in [6, 6.07) is 2.88. The lowest BCUT2D eigenvalue weighted by Gasteiger charge is -2.43. The molecule has 34 heavy (non-hydrogen) atoms. The van der Waals surface area contributed by atoms with Crippen LogP contribution in [-0.2, 0) is 15.1 Å². The number of aldehydes is 1. The van der Waals surface area contributed by atoms with Gasteiger partial charge >= 0.3 is 0 Å². The number of ether oxygens (including phenoxy) is 2. The lowest BCUT2D eigenvalue weighted by molar-refractivity contribution is -0.117. The molecule has 1 aromatic carbocycles. The van der Waals surface area contributed by atoms with Crippen LogP contribution in [0.5, 0.6) is 5.75 Å². The number of allylic oxidation sites excluding steroid dienone is 2. The second-order valence-electron chi connectivity index (χ2n) is 8.69. The number of hydrogen-bond acceptors (Lipinski definition) is 6. The molecular formula is C26H36FN3O4. The standard InChI is InChI=1S/C26H36FN3O4/c1-5-8-23(29-25(32)21-9-7-12-28-18(21)3)30-13-10-26(33-4,11-14-30)24-19(17-31)15-20(34-6-2)16-22(24)27/h8,15-17,28H,5-7,9-14H2,1-4H3,(H,29,32)/b23-8-. The van der Waals surface area contributed by atoms with Crippen LogP contribution in [0.25, 0.3) is 0 Å². The van der Waals surface area contributed by atoms with Crippen molar-refractivity contribution in [3.05, 3.63) is 52.2 Å². The fourth-order valence-corrected chi connectivity index (χ4v) is 4.85. The van der Waals surface area contributed by atoms with E-state index in [9.17, 15) is 9.59 Å². The minimum atomic E-state index is -0.935. The van der Waals surface area contributed by atoms with Crippen LogP contribution in [-0.4, -0.2) is 50.4 Å². The van der Waals surface area contributed by atoms with Crippen molar-refractivity contribution in [2.45, 2.75) is 58.5 Å². The number of carbonyl (C=O) groups excluding carboxylic acids is 2. The molecule has 186 valence electrons. The Morgan fingerprint density at radius 3 is 2.62 bits per heavy atom. The van der Waals surface area contributed by atoms with E-state index in [1.54, 1.807) is 13.2 Å². The van der Waals surface area contributed by atoms with Crippen LogP contribution in [0.3, 0.4) is 0 Å². The summed E-state index contributed by atoms with van der Waals surface area (Å²) in [6.45, 7) is 8.11. The molecule has 0 radical (unpaired) electrons. The van der Waals surface area contributed by atoms with Gasteiger partial charge in [-0.15, -0.1) is 0 Å². The SMILES string of the molecule is CC/C=C(/NC(=O)C1=C(C)NCCC1)N1CCC(OC)(c2c(F)cc(OCC)cc2C=O)CC1. The third kappa shape index (κ3) is 5.43. The third-order valence-electron chi connectivity index (χ3n) is 6.65. The molecule has 0 unspecified atom stereocenters. The number of halogens is 1. The number of rotatable bonds is 9. The number of likely N-dealkylation sites (tertiary alicyclic amines) is 1. The second-order valence-corrected chi connectivity index (χ2v) is 8.69. The molecule has 7 nitrogen and oxygen atoms in total. The zero-order chi connectivity index (χ0) is 24.7. The molecule has 2 heterocycles. The molecular weight excluding hydrogens is 437 g/mol. The minimum Gasteiger partial charge on any atom is -0.494 e. The number of carbonyl (C=O) groups is 2. The minimum absolute atomic E-state index is 0.0891. The normalized spacial score (nSPS) is 18.4. The zero-order valence-corrected chi connectivity index (χ0v) is 20.6. The van der Waals surface area contributed by atoms with Gasteiger partial charge in [0.05, 0.1) is 12.2 Å². The van der Waals surface area contributed by atoms with Gasteiger partial charge in [-0.1, -0.05) is 6.92 Å². The predicted molar refractivity (Wildman–Crippen MR) is 129 cm³/mol. The molecule has 0 saturated carbocycles. The summed E-state index contributed by atoms with van der Waals surface area (Å²) in [5.74, 6) is 0.486. The van der Waals surface area contributed by atoms with Gasteiger partial charge in [-0.3, -0.25) is 9.59 Å². The molecule has 0 bridgehead atoms. The molecule has 0 aliphatic carbocycles. The summed E-state index contributed by atoms with van der Waals surface area (Å²) in [4.78, 5) is 26.9. The van der Waals surface area contributed by atoms with Crippen molar-refractivity contribution in [1.82, 2.24) is 15.5 Å². The van der Waals surface area contributed by atoms with Gasteiger partial charge in [-0.05, 0) is 58.1 Å². The van der Waals surface area contributed by atoms with Crippen molar-refractivity contribution in [3.8, 4) is 5.75 Å². The van der Waals surface area contributed by atoms with E-state index in [0.717, 1.165) is 42.9 Å². The molecule has 2 N–H and O–H groups in total. The Morgan fingerprint density at radius 1 is 1.29 bits per heavy atom. The van der Waals surface area contributed by atoms with E-state index < -0.39 is 11.4 Å². The average molecular weight is 474 g/mol. The van der Waals surface area contributed by atoms with Crippen molar-refractivity contribution < 1.29 is 23.5 Å². The number of nitrogens with one attached hydrogen (secondary N) is 2. The topological polar surface area (TPSA) is 79.9 Å². The Labute approximate surface area is 201 Å². The number of nitrogens with zero attached hydrogens (tertiary/aromatic N) is 1.